The van der Waals surface area contributed by atoms with Gasteiger partial charge in [0.2, 0.25) is 0 Å². The number of aryl methyl sites for hydroxylation is 1. The van der Waals surface area contributed by atoms with Gasteiger partial charge in [-0.25, -0.2) is 4.39 Å². The molecule has 3 rings (SSSR count). The minimum Gasteiger partial charge on any atom is -0.490 e. The Kier molecular flexibility index (Phi) is 4.68. The highest BCUT2D eigenvalue weighted by Gasteiger charge is 2.18. The van der Waals surface area contributed by atoms with Gasteiger partial charge in [-0.2, -0.15) is 8.42 Å². The molecule has 5 nitrogen and oxygen atoms in total. The van der Waals surface area contributed by atoms with E-state index in [0.29, 0.717) is 18.0 Å². The van der Waals surface area contributed by atoms with E-state index in [1.165, 1.54) is 18.2 Å². The molecule has 0 amide bonds. The van der Waals surface area contributed by atoms with E-state index in [0.717, 1.165) is 17.5 Å². The summed E-state index contributed by atoms with van der Waals surface area (Å²) >= 11 is 0. The second-order valence-electron chi connectivity index (χ2n) is 4.83. The summed E-state index contributed by atoms with van der Waals surface area (Å²) < 4.78 is 47.5. The van der Waals surface area contributed by atoms with Crippen molar-refractivity contribution in [1.82, 2.24) is 0 Å². The van der Waals surface area contributed by atoms with E-state index in [9.17, 15) is 12.8 Å². The van der Waals surface area contributed by atoms with Gasteiger partial charge in [0.25, 0.3) is 10.1 Å². The lowest BCUT2D eigenvalue weighted by Crippen LogP contribution is -1.96. The van der Waals surface area contributed by atoms with Gasteiger partial charge in [-0.3, -0.25) is 4.55 Å². The monoisotopic (exact) mass is 325 g/mol. The van der Waals surface area contributed by atoms with E-state index >= 15 is 0 Å². The molecule has 7 heteroatoms. The molecule has 1 aliphatic heterocycles. The molecule has 0 spiro atoms. The normalized spacial score (nSPS) is 12.9. The number of halogens is 1. The smallest absolute Gasteiger partial charge is 0.294 e. The van der Waals surface area contributed by atoms with Crippen molar-refractivity contribution in [2.45, 2.75) is 18.2 Å². The Hall–Kier alpha value is -2.12. The fourth-order valence-electron chi connectivity index (χ4n) is 1.99. The molecule has 118 valence electrons. The number of benzene rings is 2. The van der Waals surface area contributed by atoms with Crippen LogP contribution in [0.15, 0.2) is 41.3 Å². The summed E-state index contributed by atoms with van der Waals surface area (Å²) in [4.78, 5) is -0.0666. The standard InChI is InChI=1S/C8H8FNO.C7H8O3S/c9-6-1-2-7(10)5-3-4-11-8(5)6;1-6-2-4-7(5-3-6)11(8,9)10/h1-2H,3-4,10H2;2-5H,1H3,(H,8,9,10). The third-order valence-corrected chi connectivity index (χ3v) is 4.03. The zero-order chi connectivity index (χ0) is 16.3. The number of nitrogens with two attached hydrogens (primary N) is 1. The molecule has 0 saturated heterocycles. The highest BCUT2D eigenvalue weighted by atomic mass is 32.2. The molecule has 0 radical (unpaired) electrons. The summed E-state index contributed by atoms with van der Waals surface area (Å²) in [6.07, 6.45) is 0.721. The van der Waals surface area contributed by atoms with Crippen LogP contribution in [0.3, 0.4) is 0 Å². The lowest BCUT2D eigenvalue weighted by Gasteiger charge is -2.01. The third-order valence-electron chi connectivity index (χ3n) is 3.17. The van der Waals surface area contributed by atoms with Crippen LogP contribution in [0, 0.1) is 12.7 Å². The SMILES string of the molecule is Cc1ccc(S(=O)(=O)O)cc1.Nc1ccc(F)c2c1CCO2. The largest absolute Gasteiger partial charge is 0.490 e. The highest BCUT2D eigenvalue weighted by Crippen LogP contribution is 2.32. The second kappa shape index (κ2) is 6.33. The zero-order valence-electron chi connectivity index (χ0n) is 11.9. The molecule has 0 saturated carbocycles. The summed E-state index contributed by atoms with van der Waals surface area (Å²) in [6.45, 7) is 2.38. The average Bonchev–Trinajstić information content (AvgIpc) is 2.94. The Balaban J connectivity index is 0.000000160. The molecule has 0 atom stereocenters. The topological polar surface area (TPSA) is 89.6 Å². The van der Waals surface area contributed by atoms with Crippen molar-refractivity contribution in [2.75, 3.05) is 12.3 Å². The molecule has 3 N–H and O–H groups in total. The van der Waals surface area contributed by atoms with Gasteiger partial charge in [0.1, 0.15) is 0 Å². The number of rotatable bonds is 1. The second-order valence-corrected chi connectivity index (χ2v) is 6.25. The summed E-state index contributed by atoms with van der Waals surface area (Å²) in [7, 11) is -4.02. The van der Waals surface area contributed by atoms with E-state index in [2.05, 4.69) is 0 Å². The van der Waals surface area contributed by atoms with Crippen molar-refractivity contribution in [3.8, 4) is 5.75 Å². The number of hydrogen-bond acceptors (Lipinski definition) is 4. The minimum atomic E-state index is -4.02. The van der Waals surface area contributed by atoms with Gasteiger partial charge in [0.05, 0.1) is 11.5 Å². The first-order valence-electron chi connectivity index (χ1n) is 6.53. The molecular weight excluding hydrogens is 309 g/mol. The fourth-order valence-corrected chi connectivity index (χ4v) is 2.47. The van der Waals surface area contributed by atoms with Gasteiger partial charge < -0.3 is 10.5 Å². The Morgan fingerprint density at radius 2 is 1.82 bits per heavy atom. The first-order chi connectivity index (χ1) is 10.3. The van der Waals surface area contributed by atoms with Crippen LogP contribution in [0.2, 0.25) is 0 Å². The molecule has 1 aliphatic rings. The molecule has 2 aromatic carbocycles. The van der Waals surface area contributed by atoms with E-state index in [4.69, 9.17) is 15.0 Å². The minimum absolute atomic E-state index is 0.0666. The molecule has 0 aromatic heterocycles. The molecule has 0 aliphatic carbocycles. The van der Waals surface area contributed by atoms with Crippen LogP contribution in [-0.4, -0.2) is 19.6 Å². The number of anilines is 1. The Morgan fingerprint density at radius 1 is 1.18 bits per heavy atom. The number of nitrogen functional groups attached to an aromatic ring is 1. The fraction of sp³-hybridized carbons (Fsp3) is 0.200. The van der Waals surface area contributed by atoms with Crippen LogP contribution >= 0.6 is 0 Å². The van der Waals surface area contributed by atoms with Crippen LogP contribution in [0.5, 0.6) is 5.75 Å². The van der Waals surface area contributed by atoms with Crippen LogP contribution in [0.1, 0.15) is 11.1 Å². The van der Waals surface area contributed by atoms with Crippen molar-refractivity contribution in [3.63, 3.8) is 0 Å². The molecule has 22 heavy (non-hydrogen) atoms. The quantitative estimate of drug-likeness (QED) is 0.621. The first kappa shape index (κ1) is 16.3. The van der Waals surface area contributed by atoms with E-state index in [1.807, 2.05) is 6.92 Å². The Labute approximate surface area is 128 Å². The van der Waals surface area contributed by atoms with Gasteiger partial charge in [-0.1, -0.05) is 17.7 Å². The number of fused-ring (bicyclic) bond motifs is 1. The van der Waals surface area contributed by atoms with Crippen molar-refractivity contribution < 1.29 is 22.1 Å². The van der Waals surface area contributed by atoms with Gasteiger partial charge in [-0.15, -0.1) is 0 Å². The van der Waals surface area contributed by atoms with Crippen LogP contribution < -0.4 is 10.5 Å². The maximum Gasteiger partial charge on any atom is 0.294 e. The van der Waals surface area contributed by atoms with Gasteiger partial charge in [0.15, 0.2) is 11.6 Å². The Bertz CT molecular complexity index is 744. The maximum absolute atomic E-state index is 12.9. The molecule has 0 unspecified atom stereocenters. The van der Waals surface area contributed by atoms with Crippen molar-refractivity contribution >= 4 is 15.8 Å². The van der Waals surface area contributed by atoms with E-state index < -0.39 is 10.1 Å². The predicted molar refractivity (Wildman–Crippen MR) is 81.0 cm³/mol. The maximum atomic E-state index is 12.9. The summed E-state index contributed by atoms with van der Waals surface area (Å²) in [5.41, 5.74) is 7.98. The molecular formula is C15H16FNO4S. The number of hydrogen-bond donors (Lipinski definition) is 2. The molecule has 1 heterocycles. The first-order valence-corrected chi connectivity index (χ1v) is 7.97. The van der Waals surface area contributed by atoms with Crippen molar-refractivity contribution in [2.24, 2.45) is 0 Å². The van der Waals surface area contributed by atoms with E-state index in [-0.39, 0.29) is 10.7 Å². The lowest BCUT2D eigenvalue weighted by molar-refractivity contribution is 0.339. The zero-order valence-corrected chi connectivity index (χ0v) is 12.7. The lowest BCUT2D eigenvalue weighted by atomic mass is 10.1. The Morgan fingerprint density at radius 3 is 2.36 bits per heavy atom. The van der Waals surface area contributed by atoms with Crippen LogP contribution in [0.25, 0.3) is 0 Å². The average molecular weight is 325 g/mol. The van der Waals surface area contributed by atoms with Crippen LogP contribution in [0.4, 0.5) is 10.1 Å². The van der Waals surface area contributed by atoms with Gasteiger partial charge >= 0.3 is 0 Å². The predicted octanol–water partition coefficient (Wildman–Crippen LogP) is 2.58. The van der Waals surface area contributed by atoms with Crippen molar-refractivity contribution in [3.05, 3.63) is 53.3 Å². The summed E-state index contributed by atoms with van der Waals surface area (Å²) in [5.74, 6) is 0.0247. The van der Waals surface area contributed by atoms with Gasteiger partial charge in [-0.05, 0) is 31.2 Å². The summed E-state index contributed by atoms with van der Waals surface area (Å²) in [6, 6.07) is 8.89. The summed E-state index contributed by atoms with van der Waals surface area (Å²) in [5, 5.41) is 0. The molecule has 2 aromatic rings. The highest BCUT2D eigenvalue weighted by molar-refractivity contribution is 7.85. The van der Waals surface area contributed by atoms with Crippen molar-refractivity contribution in [1.29, 1.82) is 0 Å². The third kappa shape index (κ3) is 3.75. The van der Waals surface area contributed by atoms with Crippen LogP contribution in [-0.2, 0) is 16.5 Å². The molecule has 0 fully saturated rings. The molecule has 0 bridgehead atoms. The van der Waals surface area contributed by atoms with E-state index in [1.54, 1.807) is 18.2 Å². The van der Waals surface area contributed by atoms with Gasteiger partial charge in [0, 0.05) is 17.7 Å². The number of ether oxygens (including phenoxy) is 1.